The van der Waals surface area contributed by atoms with E-state index in [1.165, 1.54) is 0 Å². The Morgan fingerprint density at radius 3 is 2.70 bits per heavy atom. The van der Waals surface area contributed by atoms with Crippen molar-refractivity contribution in [3.63, 3.8) is 0 Å². The molecule has 2 rings (SSSR count). The van der Waals surface area contributed by atoms with Crippen molar-refractivity contribution in [2.24, 2.45) is 0 Å². The molecule has 20 heavy (non-hydrogen) atoms. The van der Waals surface area contributed by atoms with Gasteiger partial charge in [-0.25, -0.2) is 0 Å². The van der Waals surface area contributed by atoms with Crippen LogP contribution in [0.2, 0.25) is 0 Å². The molecule has 1 fully saturated rings. The maximum absolute atomic E-state index is 12.0. The lowest BCUT2D eigenvalue weighted by atomic mass is 10.0. The van der Waals surface area contributed by atoms with Gasteiger partial charge in [0.15, 0.2) is 0 Å². The molecule has 0 heterocycles. The van der Waals surface area contributed by atoms with Gasteiger partial charge in [0.1, 0.15) is 11.4 Å². The largest absolute Gasteiger partial charge is 0.494 e. The van der Waals surface area contributed by atoms with Crippen LogP contribution < -0.4 is 10.1 Å². The molecule has 1 saturated carbocycles. The standard InChI is InChI=1S/C16H23NO3/c1-3-20-14-7-6-13(10-12(14)2)11-17-15(18)16(19)8-4-5-9-16/h6-7,10,19H,3-5,8-9,11H2,1-2H3,(H,17,18). The van der Waals surface area contributed by atoms with Crippen LogP contribution in [0.15, 0.2) is 18.2 Å². The Morgan fingerprint density at radius 1 is 1.40 bits per heavy atom. The quantitative estimate of drug-likeness (QED) is 0.868. The smallest absolute Gasteiger partial charge is 0.252 e. The molecule has 1 aliphatic rings. The summed E-state index contributed by atoms with van der Waals surface area (Å²) in [4.78, 5) is 12.0. The van der Waals surface area contributed by atoms with Crippen LogP contribution in [0.4, 0.5) is 0 Å². The summed E-state index contributed by atoms with van der Waals surface area (Å²) < 4.78 is 5.49. The van der Waals surface area contributed by atoms with Crippen molar-refractivity contribution < 1.29 is 14.6 Å². The molecule has 0 bridgehead atoms. The lowest BCUT2D eigenvalue weighted by molar-refractivity contribution is -0.139. The maximum atomic E-state index is 12.0. The number of aliphatic hydroxyl groups is 1. The zero-order chi connectivity index (χ0) is 14.6. The van der Waals surface area contributed by atoms with Crippen LogP contribution in [0.1, 0.15) is 43.7 Å². The number of carbonyl (C=O) groups excluding carboxylic acids is 1. The molecular formula is C16H23NO3. The highest BCUT2D eigenvalue weighted by Crippen LogP contribution is 2.29. The lowest BCUT2D eigenvalue weighted by Gasteiger charge is -2.21. The number of hydrogen-bond donors (Lipinski definition) is 2. The van der Waals surface area contributed by atoms with E-state index in [2.05, 4.69) is 5.32 Å². The van der Waals surface area contributed by atoms with Gasteiger partial charge in [0.2, 0.25) is 0 Å². The number of aryl methyl sites for hydroxylation is 1. The first kappa shape index (κ1) is 14.9. The lowest BCUT2D eigenvalue weighted by Crippen LogP contribution is -2.44. The molecule has 2 N–H and O–H groups in total. The topological polar surface area (TPSA) is 58.6 Å². The first-order valence-corrected chi connectivity index (χ1v) is 7.28. The molecule has 1 amide bonds. The highest BCUT2D eigenvalue weighted by atomic mass is 16.5. The predicted octanol–water partition coefficient (Wildman–Crippen LogP) is 2.32. The van der Waals surface area contributed by atoms with Crippen LogP contribution in [0.25, 0.3) is 0 Å². The summed E-state index contributed by atoms with van der Waals surface area (Å²) in [6, 6.07) is 5.87. The van der Waals surface area contributed by atoms with Crippen molar-refractivity contribution >= 4 is 5.91 Å². The summed E-state index contributed by atoms with van der Waals surface area (Å²) in [5, 5.41) is 13.0. The third kappa shape index (κ3) is 3.31. The average molecular weight is 277 g/mol. The molecule has 0 spiro atoms. The summed E-state index contributed by atoms with van der Waals surface area (Å²) in [5.41, 5.74) is 0.916. The molecule has 0 saturated heterocycles. The first-order chi connectivity index (χ1) is 9.55. The highest BCUT2D eigenvalue weighted by Gasteiger charge is 2.38. The summed E-state index contributed by atoms with van der Waals surface area (Å²) in [6.07, 6.45) is 2.99. The van der Waals surface area contributed by atoms with E-state index in [1.807, 2.05) is 32.0 Å². The Hall–Kier alpha value is -1.55. The normalized spacial score (nSPS) is 16.9. The van der Waals surface area contributed by atoms with Crippen molar-refractivity contribution in [3.05, 3.63) is 29.3 Å². The number of carbonyl (C=O) groups is 1. The van der Waals surface area contributed by atoms with Gasteiger partial charge in [-0.1, -0.05) is 12.1 Å². The van der Waals surface area contributed by atoms with E-state index in [1.54, 1.807) is 0 Å². The van der Waals surface area contributed by atoms with Gasteiger partial charge in [-0.3, -0.25) is 4.79 Å². The van der Waals surface area contributed by atoms with Crippen molar-refractivity contribution in [2.75, 3.05) is 6.61 Å². The summed E-state index contributed by atoms with van der Waals surface area (Å²) in [6.45, 7) is 5.02. The molecule has 1 aliphatic carbocycles. The van der Waals surface area contributed by atoms with Gasteiger partial charge in [0.25, 0.3) is 5.91 Å². The molecule has 4 heteroatoms. The van der Waals surface area contributed by atoms with Crippen LogP contribution in [-0.2, 0) is 11.3 Å². The molecule has 1 aromatic rings. The van der Waals surface area contributed by atoms with Crippen LogP contribution in [-0.4, -0.2) is 23.2 Å². The molecule has 4 nitrogen and oxygen atoms in total. The summed E-state index contributed by atoms with van der Waals surface area (Å²) in [5.74, 6) is 0.624. The second-order valence-electron chi connectivity index (χ2n) is 5.45. The first-order valence-electron chi connectivity index (χ1n) is 7.28. The minimum absolute atomic E-state index is 0.249. The Morgan fingerprint density at radius 2 is 2.10 bits per heavy atom. The molecule has 0 atom stereocenters. The molecular weight excluding hydrogens is 254 g/mol. The van der Waals surface area contributed by atoms with Gasteiger partial charge in [-0.2, -0.15) is 0 Å². The van der Waals surface area contributed by atoms with Crippen molar-refractivity contribution in [1.82, 2.24) is 5.32 Å². The van der Waals surface area contributed by atoms with Gasteiger partial charge in [0.05, 0.1) is 6.61 Å². The molecule has 0 aliphatic heterocycles. The van der Waals surface area contributed by atoms with E-state index < -0.39 is 5.60 Å². The number of rotatable bonds is 5. The summed E-state index contributed by atoms with van der Waals surface area (Å²) >= 11 is 0. The van der Waals surface area contributed by atoms with Crippen molar-refractivity contribution in [2.45, 2.75) is 51.7 Å². The fourth-order valence-electron chi connectivity index (χ4n) is 2.67. The molecule has 0 unspecified atom stereocenters. The zero-order valence-electron chi connectivity index (χ0n) is 12.2. The number of benzene rings is 1. The fraction of sp³-hybridized carbons (Fsp3) is 0.562. The molecule has 110 valence electrons. The molecule has 0 radical (unpaired) electrons. The van der Waals surface area contributed by atoms with Gasteiger partial charge < -0.3 is 15.2 Å². The Balaban J connectivity index is 1.94. The second-order valence-corrected chi connectivity index (χ2v) is 5.45. The third-order valence-corrected chi connectivity index (χ3v) is 3.85. The highest BCUT2D eigenvalue weighted by molar-refractivity contribution is 5.85. The van der Waals surface area contributed by atoms with Gasteiger partial charge in [-0.05, 0) is 56.7 Å². The van der Waals surface area contributed by atoms with E-state index in [4.69, 9.17) is 4.74 Å². The van der Waals surface area contributed by atoms with Gasteiger partial charge in [0, 0.05) is 6.54 Å². The van der Waals surface area contributed by atoms with Crippen LogP contribution in [0.5, 0.6) is 5.75 Å². The van der Waals surface area contributed by atoms with E-state index in [0.29, 0.717) is 26.0 Å². The predicted molar refractivity (Wildman–Crippen MR) is 77.6 cm³/mol. The van der Waals surface area contributed by atoms with Crippen LogP contribution in [0.3, 0.4) is 0 Å². The number of ether oxygens (including phenoxy) is 1. The Labute approximate surface area is 120 Å². The SMILES string of the molecule is CCOc1ccc(CNC(=O)C2(O)CCCC2)cc1C. The second kappa shape index (κ2) is 6.27. The molecule has 0 aromatic heterocycles. The number of nitrogens with one attached hydrogen (secondary N) is 1. The van der Waals surface area contributed by atoms with E-state index in [9.17, 15) is 9.90 Å². The van der Waals surface area contributed by atoms with Crippen molar-refractivity contribution in [3.8, 4) is 5.75 Å². The van der Waals surface area contributed by atoms with E-state index in [0.717, 1.165) is 29.7 Å². The average Bonchev–Trinajstić information content (AvgIpc) is 2.87. The van der Waals surface area contributed by atoms with Gasteiger partial charge in [-0.15, -0.1) is 0 Å². The Kier molecular flexibility index (Phi) is 4.65. The number of amides is 1. The van der Waals surface area contributed by atoms with Gasteiger partial charge >= 0.3 is 0 Å². The van der Waals surface area contributed by atoms with Crippen LogP contribution >= 0.6 is 0 Å². The molecule has 1 aromatic carbocycles. The minimum atomic E-state index is -1.15. The van der Waals surface area contributed by atoms with Crippen molar-refractivity contribution in [1.29, 1.82) is 0 Å². The third-order valence-electron chi connectivity index (χ3n) is 3.85. The van der Waals surface area contributed by atoms with E-state index >= 15 is 0 Å². The fourth-order valence-corrected chi connectivity index (χ4v) is 2.67. The number of hydrogen-bond acceptors (Lipinski definition) is 3. The minimum Gasteiger partial charge on any atom is -0.494 e. The zero-order valence-corrected chi connectivity index (χ0v) is 12.2. The monoisotopic (exact) mass is 277 g/mol. The summed E-state index contributed by atoms with van der Waals surface area (Å²) in [7, 11) is 0. The maximum Gasteiger partial charge on any atom is 0.252 e. The van der Waals surface area contributed by atoms with E-state index in [-0.39, 0.29) is 5.91 Å². The Bertz CT molecular complexity index is 479. The van der Waals surface area contributed by atoms with Crippen LogP contribution in [0, 0.1) is 6.92 Å².